The molecule has 2 aromatic rings. The number of hydrogen-bond donors (Lipinski definition) is 0. The minimum atomic E-state index is 0.0547. The van der Waals surface area contributed by atoms with Gasteiger partial charge in [0.1, 0.15) is 0 Å². The van der Waals surface area contributed by atoms with E-state index >= 15 is 0 Å². The second kappa shape index (κ2) is 7.41. The molecule has 0 saturated carbocycles. The number of nitrogens with zero attached hydrogens (tertiary/aromatic N) is 1. The molecular formula is C18H20BrNO. The lowest BCUT2D eigenvalue weighted by atomic mass is 10.1. The maximum Gasteiger partial charge on any atom is 0.258 e. The van der Waals surface area contributed by atoms with Crippen LogP contribution in [-0.2, 0) is 0 Å². The summed E-state index contributed by atoms with van der Waals surface area (Å²) in [5.74, 6) is 0.0547. The van der Waals surface area contributed by atoms with Crippen LogP contribution >= 0.6 is 15.9 Å². The van der Waals surface area contributed by atoms with Crippen molar-refractivity contribution in [2.45, 2.75) is 26.7 Å². The summed E-state index contributed by atoms with van der Waals surface area (Å²) in [4.78, 5) is 14.7. The number of rotatable bonds is 5. The quantitative estimate of drug-likeness (QED) is 0.728. The number of hydrogen-bond acceptors (Lipinski definition) is 1. The summed E-state index contributed by atoms with van der Waals surface area (Å²) in [6.45, 7) is 4.88. The summed E-state index contributed by atoms with van der Waals surface area (Å²) in [6.07, 6.45) is 2.06. The van der Waals surface area contributed by atoms with Gasteiger partial charge in [0.2, 0.25) is 0 Å². The second-order valence-corrected chi connectivity index (χ2v) is 6.08. The van der Waals surface area contributed by atoms with E-state index in [1.807, 2.05) is 60.4 Å². The Morgan fingerprint density at radius 1 is 1.14 bits per heavy atom. The molecule has 0 unspecified atom stereocenters. The summed E-state index contributed by atoms with van der Waals surface area (Å²) in [5, 5.41) is 0. The summed E-state index contributed by atoms with van der Waals surface area (Å²) in [7, 11) is 0. The highest BCUT2D eigenvalue weighted by Crippen LogP contribution is 2.21. The first-order valence-electron chi connectivity index (χ1n) is 7.26. The largest absolute Gasteiger partial charge is 0.308 e. The fourth-order valence-electron chi connectivity index (χ4n) is 2.29. The van der Waals surface area contributed by atoms with Gasteiger partial charge in [0, 0.05) is 22.3 Å². The van der Waals surface area contributed by atoms with E-state index in [0.29, 0.717) is 0 Å². The Labute approximate surface area is 134 Å². The lowest BCUT2D eigenvalue weighted by Crippen LogP contribution is -2.31. The van der Waals surface area contributed by atoms with Gasteiger partial charge in [-0.15, -0.1) is 0 Å². The Bertz CT molecular complexity index is 590. The number of benzene rings is 2. The van der Waals surface area contributed by atoms with Crippen LogP contribution in [0.5, 0.6) is 0 Å². The molecule has 1 amide bonds. The molecule has 0 aliphatic rings. The normalized spacial score (nSPS) is 10.4. The molecule has 2 nitrogen and oxygen atoms in total. The van der Waals surface area contributed by atoms with Crippen molar-refractivity contribution in [3.8, 4) is 0 Å². The third-order valence-corrected chi connectivity index (χ3v) is 3.80. The molecule has 21 heavy (non-hydrogen) atoms. The molecule has 0 spiro atoms. The maximum absolute atomic E-state index is 12.9. The molecule has 0 heterocycles. The molecular weight excluding hydrogens is 326 g/mol. The highest BCUT2D eigenvalue weighted by molar-refractivity contribution is 9.10. The zero-order valence-corrected chi connectivity index (χ0v) is 14.1. The number of carbonyl (C=O) groups is 1. The van der Waals surface area contributed by atoms with Gasteiger partial charge in [0.05, 0.1) is 0 Å². The Morgan fingerprint density at radius 2 is 1.86 bits per heavy atom. The average molecular weight is 346 g/mol. The van der Waals surface area contributed by atoms with Crippen molar-refractivity contribution in [1.29, 1.82) is 0 Å². The van der Waals surface area contributed by atoms with Crippen molar-refractivity contribution in [3.05, 3.63) is 64.1 Å². The van der Waals surface area contributed by atoms with Crippen LogP contribution in [0.2, 0.25) is 0 Å². The van der Waals surface area contributed by atoms with Gasteiger partial charge in [-0.05, 0) is 49.2 Å². The Hall–Kier alpha value is -1.61. The molecule has 0 atom stereocenters. The Balaban J connectivity index is 2.33. The van der Waals surface area contributed by atoms with Crippen molar-refractivity contribution in [2.24, 2.45) is 0 Å². The van der Waals surface area contributed by atoms with Gasteiger partial charge in [0.15, 0.2) is 0 Å². The van der Waals surface area contributed by atoms with E-state index in [9.17, 15) is 4.79 Å². The van der Waals surface area contributed by atoms with Gasteiger partial charge in [-0.3, -0.25) is 4.79 Å². The van der Waals surface area contributed by atoms with E-state index in [-0.39, 0.29) is 5.91 Å². The molecule has 0 aliphatic heterocycles. The van der Waals surface area contributed by atoms with E-state index in [1.54, 1.807) is 0 Å². The fourth-order valence-corrected chi connectivity index (χ4v) is 2.90. The first-order chi connectivity index (χ1) is 10.1. The van der Waals surface area contributed by atoms with Gasteiger partial charge < -0.3 is 4.90 Å². The number of amides is 1. The lowest BCUT2D eigenvalue weighted by Gasteiger charge is -2.23. The van der Waals surface area contributed by atoms with Crippen LogP contribution in [0.3, 0.4) is 0 Å². The molecule has 0 fully saturated rings. The smallest absolute Gasteiger partial charge is 0.258 e. The number of para-hydroxylation sites is 1. The number of aryl methyl sites for hydroxylation is 1. The van der Waals surface area contributed by atoms with Crippen molar-refractivity contribution in [2.75, 3.05) is 11.4 Å². The third-order valence-electron chi connectivity index (χ3n) is 3.34. The van der Waals surface area contributed by atoms with Crippen LogP contribution in [0, 0.1) is 6.92 Å². The van der Waals surface area contributed by atoms with Gasteiger partial charge in [-0.25, -0.2) is 0 Å². The zero-order valence-electron chi connectivity index (χ0n) is 12.5. The number of halogens is 1. The minimum Gasteiger partial charge on any atom is -0.308 e. The highest BCUT2D eigenvalue weighted by atomic mass is 79.9. The van der Waals surface area contributed by atoms with E-state index in [0.717, 1.165) is 40.7 Å². The fraction of sp³-hybridized carbons (Fsp3) is 0.278. The molecule has 2 aromatic carbocycles. The molecule has 0 radical (unpaired) electrons. The molecule has 0 aliphatic carbocycles. The molecule has 3 heteroatoms. The van der Waals surface area contributed by atoms with Crippen molar-refractivity contribution in [3.63, 3.8) is 0 Å². The zero-order chi connectivity index (χ0) is 15.2. The van der Waals surface area contributed by atoms with Gasteiger partial charge >= 0.3 is 0 Å². The Morgan fingerprint density at radius 3 is 2.48 bits per heavy atom. The van der Waals surface area contributed by atoms with E-state index in [2.05, 4.69) is 22.9 Å². The standard InChI is InChI=1S/C18H20BrNO/c1-3-4-10-20(17-8-6-5-7-9-17)18(21)15-11-14(2)12-16(19)13-15/h5-9,11-13H,3-4,10H2,1-2H3. The lowest BCUT2D eigenvalue weighted by molar-refractivity contribution is 0.0986. The van der Waals surface area contributed by atoms with Crippen LogP contribution in [0.15, 0.2) is 53.0 Å². The Kier molecular flexibility index (Phi) is 5.57. The van der Waals surface area contributed by atoms with Crippen LogP contribution in [0.4, 0.5) is 5.69 Å². The molecule has 0 saturated heterocycles. The number of carbonyl (C=O) groups excluding carboxylic acids is 1. The highest BCUT2D eigenvalue weighted by Gasteiger charge is 2.17. The van der Waals surface area contributed by atoms with Crippen LogP contribution in [-0.4, -0.2) is 12.5 Å². The van der Waals surface area contributed by atoms with E-state index in [1.165, 1.54) is 0 Å². The monoisotopic (exact) mass is 345 g/mol. The minimum absolute atomic E-state index is 0.0547. The second-order valence-electron chi connectivity index (χ2n) is 5.16. The maximum atomic E-state index is 12.9. The van der Waals surface area contributed by atoms with Gasteiger partial charge in [-0.1, -0.05) is 47.5 Å². The molecule has 110 valence electrons. The van der Waals surface area contributed by atoms with Crippen LogP contribution < -0.4 is 4.90 Å². The van der Waals surface area contributed by atoms with Crippen molar-refractivity contribution < 1.29 is 4.79 Å². The van der Waals surface area contributed by atoms with Crippen LogP contribution in [0.1, 0.15) is 35.7 Å². The third kappa shape index (κ3) is 4.18. The van der Waals surface area contributed by atoms with Crippen molar-refractivity contribution >= 4 is 27.5 Å². The van der Waals surface area contributed by atoms with Crippen molar-refractivity contribution in [1.82, 2.24) is 0 Å². The first-order valence-corrected chi connectivity index (χ1v) is 8.05. The number of unbranched alkanes of at least 4 members (excludes halogenated alkanes) is 1. The van der Waals surface area contributed by atoms with Crippen LogP contribution in [0.25, 0.3) is 0 Å². The SMILES string of the molecule is CCCCN(C(=O)c1cc(C)cc(Br)c1)c1ccccc1. The predicted molar refractivity (Wildman–Crippen MR) is 91.9 cm³/mol. The predicted octanol–water partition coefficient (Wildman–Crippen LogP) is 5.20. The summed E-state index contributed by atoms with van der Waals surface area (Å²) in [5.41, 5.74) is 2.76. The molecule has 0 aromatic heterocycles. The summed E-state index contributed by atoms with van der Waals surface area (Å²) >= 11 is 3.47. The number of anilines is 1. The van der Waals surface area contributed by atoms with E-state index < -0.39 is 0 Å². The molecule has 0 N–H and O–H groups in total. The molecule has 0 bridgehead atoms. The first kappa shape index (κ1) is 15.8. The topological polar surface area (TPSA) is 20.3 Å². The van der Waals surface area contributed by atoms with Gasteiger partial charge in [-0.2, -0.15) is 0 Å². The van der Waals surface area contributed by atoms with Gasteiger partial charge in [0.25, 0.3) is 5.91 Å². The van der Waals surface area contributed by atoms with E-state index in [4.69, 9.17) is 0 Å². The summed E-state index contributed by atoms with van der Waals surface area (Å²) in [6, 6.07) is 15.7. The average Bonchev–Trinajstić information content (AvgIpc) is 2.47. The summed E-state index contributed by atoms with van der Waals surface area (Å²) < 4.78 is 0.939. The molecule has 2 rings (SSSR count).